The van der Waals surface area contributed by atoms with Crippen LogP contribution in [0.5, 0.6) is 5.75 Å². The standard InChI is InChI=1S/C14H14N2O5S/c17-14(15-18)10-21-12-8-6-11(7-9-12)16-22(19,20)13-4-2-1-3-5-13/h1-9,16,18H,10H2,(H,15,17). The number of benzene rings is 2. The molecule has 2 aromatic carbocycles. The number of anilines is 1. The highest BCUT2D eigenvalue weighted by atomic mass is 32.2. The molecule has 2 aromatic rings. The van der Waals surface area contributed by atoms with Gasteiger partial charge in [-0.3, -0.25) is 14.7 Å². The number of hydrogen-bond donors (Lipinski definition) is 3. The van der Waals surface area contributed by atoms with Crippen LogP contribution >= 0.6 is 0 Å². The highest BCUT2D eigenvalue weighted by Crippen LogP contribution is 2.19. The summed E-state index contributed by atoms with van der Waals surface area (Å²) in [4.78, 5) is 11.0. The van der Waals surface area contributed by atoms with Crippen molar-refractivity contribution < 1.29 is 23.2 Å². The summed E-state index contributed by atoms with van der Waals surface area (Å²) in [5, 5.41) is 8.34. The number of sulfonamides is 1. The maximum Gasteiger partial charge on any atom is 0.281 e. The van der Waals surface area contributed by atoms with Crippen LogP contribution in [-0.4, -0.2) is 26.1 Å². The summed E-state index contributed by atoms with van der Waals surface area (Å²) in [6.07, 6.45) is 0. The van der Waals surface area contributed by atoms with Crippen molar-refractivity contribution in [2.45, 2.75) is 4.90 Å². The van der Waals surface area contributed by atoms with E-state index in [1.165, 1.54) is 41.9 Å². The Hall–Kier alpha value is -2.58. The second kappa shape index (κ2) is 6.92. The van der Waals surface area contributed by atoms with Gasteiger partial charge in [-0.1, -0.05) is 18.2 Å². The van der Waals surface area contributed by atoms with Crippen LogP contribution in [0.3, 0.4) is 0 Å². The van der Waals surface area contributed by atoms with Gasteiger partial charge >= 0.3 is 0 Å². The monoisotopic (exact) mass is 322 g/mol. The zero-order valence-electron chi connectivity index (χ0n) is 11.4. The molecule has 22 heavy (non-hydrogen) atoms. The fourth-order valence-corrected chi connectivity index (χ4v) is 2.69. The molecule has 1 amide bonds. The normalized spacial score (nSPS) is 10.8. The van der Waals surface area contributed by atoms with Gasteiger partial charge in [-0.2, -0.15) is 0 Å². The van der Waals surface area contributed by atoms with E-state index in [1.807, 2.05) is 0 Å². The van der Waals surface area contributed by atoms with E-state index in [0.717, 1.165) is 0 Å². The molecule has 0 radical (unpaired) electrons. The Kier molecular flexibility index (Phi) is 4.97. The largest absolute Gasteiger partial charge is 0.484 e. The lowest BCUT2D eigenvalue weighted by Gasteiger charge is -2.09. The van der Waals surface area contributed by atoms with Gasteiger partial charge in [-0.15, -0.1) is 0 Å². The molecule has 8 heteroatoms. The molecular formula is C14H14N2O5S. The molecule has 0 saturated heterocycles. The van der Waals surface area contributed by atoms with Crippen molar-refractivity contribution in [3.05, 3.63) is 54.6 Å². The third-order valence-electron chi connectivity index (χ3n) is 2.65. The third-order valence-corrected chi connectivity index (χ3v) is 4.05. The summed E-state index contributed by atoms with van der Waals surface area (Å²) in [6, 6.07) is 14.0. The van der Waals surface area contributed by atoms with E-state index in [1.54, 1.807) is 18.2 Å². The third kappa shape index (κ3) is 4.21. The lowest BCUT2D eigenvalue weighted by atomic mass is 10.3. The van der Waals surface area contributed by atoms with Gasteiger partial charge in [0, 0.05) is 5.69 Å². The molecule has 0 aliphatic carbocycles. The summed E-state index contributed by atoms with van der Waals surface area (Å²) in [5.41, 5.74) is 1.80. The molecule has 3 N–H and O–H groups in total. The molecule has 0 aromatic heterocycles. The molecule has 116 valence electrons. The van der Waals surface area contributed by atoms with Crippen molar-refractivity contribution in [2.24, 2.45) is 0 Å². The minimum atomic E-state index is -3.64. The lowest BCUT2D eigenvalue weighted by molar-refractivity contribution is -0.131. The lowest BCUT2D eigenvalue weighted by Crippen LogP contribution is -2.25. The maximum atomic E-state index is 12.1. The van der Waals surface area contributed by atoms with Crippen molar-refractivity contribution >= 4 is 21.6 Å². The molecule has 0 aliphatic rings. The molecule has 0 spiro atoms. The molecule has 0 saturated carbocycles. The SMILES string of the molecule is O=C(COc1ccc(NS(=O)(=O)c2ccccc2)cc1)NO. The van der Waals surface area contributed by atoms with Crippen molar-refractivity contribution in [2.75, 3.05) is 11.3 Å². The average molecular weight is 322 g/mol. The highest BCUT2D eigenvalue weighted by molar-refractivity contribution is 7.92. The molecule has 0 unspecified atom stereocenters. The maximum absolute atomic E-state index is 12.1. The smallest absolute Gasteiger partial charge is 0.281 e. The molecule has 0 fully saturated rings. The van der Waals surface area contributed by atoms with E-state index in [-0.39, 0.29) is 11.5 Å². The minimum absolute atomic E-state index is 0.162. The van der Waals surface area contributed by atoms with Crippen LogP contribution in [0.4, 0.5) is 5.69 Å². The van der Waals surface area contributed by atoms with Crippen LogP contribution in [0.15, 0.2) is 59.5 Å². The van der Waals surface area contributed by atoms with Gasteiger partial charge in [0.25, 0.3) is 15.9 Å². The van der Waals surface area contributed by atoms with Gasteiger partial charge in [-0.05, 0) is 36.4 Å². The van der Waals surface area contributed by atoms with Crippen LogP contribution in [0.2, 0.25) is 0 Å². The van der Waals surface area contributed by atoms with Crippen LogP contribution in [-0.2, 0) is 14.8 Å². The zero-order valence-corrected chi connectivity index (χ0v) is 12.2. The first-order valence-corrected chi connectivity index (χ1v) is 7.73. The van der Waals surface area contributed by atoms with E-state index < -0.39 is 15.9 Å². The Balaban J connectivity index is 2.04. The number of hydrogen-bond acceptors (Lipinski definition) is 5. The number of amides is 1. The number of hydroxylamine groups is 1. The Morgan fingerprint density at radius 3 is 2.27 bits per heavy atom. The van der Waals surface area contributed by atoms with Crippen LogP contribution in [0.1, 0.15) is 0 Å². The molecule has 0 atom stereocenters. The summed E-state index contributed by atoms with van der Waals surface area (Å²) < 4.78 is 31.7. The predicted octanol–water partition coefficient (Wildman–Crippen LogP) is 1.37. The number of carbonyl (C=O) groups is 1. The van der Waals surface area contributed by atoms with Crippen LogP contribution in [0, 0.1) is 0 Å². The molecule has 7 nitrogen and oxygen atoms in total. The number of ether oxygens (including phenoxy) is 1. The summed E-state index contributed by atoms with van der Waals surface area (Å²) in [6.45, 7) is -0.342. The fourth-order valence-electron chi connectivity index (χ4n) is 1.61. The van der Waals surface area contributed by atoms with E-state index in [2.05, 4.69) is 4.72 Å². The van der Waals surface area contributed by atoms with Gasteiger partial charge in [0.15, 0.2) is 6.61 Å². The number of rotatable bonds is 6. The Bertz CT molecular complexity index is 730. The second-order valence-electron chi connectivity index (χ2n) is 4.27. The zero-order chi connectivity index (χ0) is 16.0. The Morgan fingerprint density at radius 2 is 1.68 bits per heavy atom. The molecule has 2 rings (SSSR count). The van der Waals surface area contributed by atoms with Gasteiger partial charge in [0.05, 0.1) is 4.90 Å². The highest BCUT2D eigenvalue weighted by Gasteiger charge is 2.13. The first kappa shape index (κ1) is 15.8. The minimum Gasteiger partial charge on any atom is -0.484 e. The summed E-state index contributed by atoms with van der Waals surface area (Å²) >= 11 is 0. The fraction of sp³-hybridized carbons (Fsp3) is 0.0714. The first-order chi connectivity index (χ1) is 10.5. The summed E-state index contributed by atoms with van der Waals surface area (Å²) in [7, 11) is -3.64. The topological polar surface area (TPSA) is 105 Å². The van der Waals surface area contributed by atoms with E-state index in [0.29, 0.717) is 11.4 Å². The number of carbonyl (C=O) groups excluding carboxylic acids is 1. The van der Waals surface area contributed by atoms with Gasteiger partial charge in [0.1, 0.15) is 5.75 Å². The van der Waals surface area contributed by atoms with Gasteiger partial charge < -0.3 is 4.74 Å². The Morgan fingerprint density at radius 1 is 1.05 bits per heavy atom. The van der Waals surface area contributed by atoms with Gasteiger partial charge in [-0.25, -0.2) is 13.9 Å². The van der Waals surface area contributed by atoms with Crippen molar-refractivity contribution in [1.82, 2.24) is 5.48 Å². The molecule has 0 aliphatic heterocycles. The molecular weight excluding hydrogens is 308 g/mol. The quantitative estimate of drug-likeness (QED) is 0.550. The van der Waals surface area contributed by atoms with Crippen molar-refractivity contribution in [1.29, 1.82) is 0 Å². The van der Waals surface area contributed by atoms with E-state index in [4.69, 9.17) is 9.94 Å². The van der Waals surface area contributed by atoms with Crippen LogP contribution in [0.25, 0.3) is 0 Å². The predicted molar refractivity (Wildman–Crippen MR) is 79.1 cm³/mol. The van der Waals surface area contributed by atoms with E-state index in [9.17, 15) is 13.2 Å². The molecule has 0 bridgehead atoms. The van der Waals surface area contributed by atoms with Crippen LogP contribution < -0.4 is 14.9 Å². The van der Waals surface area contributed by atoms with E-state index >= 15 is 0 Å². The second-order valence-corrected chi connectivity index (χ2v) is 5.95. The average Bonchev–Trinajstić information content (AvgIpc) is 2.54. The van der Waals surface area contributed by atoms with Crippen molar-refractivity contribution in [3.8, 4) is 5.75 Å². The van der Waals surface area contributed by atoms with Gasteiger partial charge in [0.2, 0.25) is 0 Å². The molecule has 0 heterocycles. The number of nitrogens with one attached hydrogen (secondary N) is 2. The summed E-state index contributed by atoms with van der Waals surface area (Å²) in [5.74, 6) is -0.319. The van der Waals surface area contributed by atoms with Crippen molar-refractivity contribution in [3.63, 3.8) is 0 Å². The first-order valence-electron chi connectivity index (χ1n) is 6.25. The Labute approximate surface area is 127 Å².